The van der Waals surface area contributed by atoms with E-state index in [0.29, 0.717) is 33.9 Å². The summed E-state index contributed by atoms with van der Waals surface area (Å²) in [6.45, 7) is 3.64. The molecule has 3 heterocycles. The summed E-state index contributed by atoms with van der Waals surface area (Å²) in [7, 11) is 0. The minimum atomic E-state index is -0.215. The maximum Gasteiger partial charge on any atom is 0.255 e. The lowest BCUT2D eigenvalue weighted by atomic mass is 10.2. The van der Waals surface area contributed by atoms with Crippen LogP contribution in [0.3, 0.4) is 0 Å². The van der Waals surface area contributed by atoms with Crippen molar-refractivity contribution < 1.29 is 9.21 Å². The second kappa shape index (κ2) is 4.91. The van der Waals surface area contributed by atoms with E-state index in [4.69, 9.17) is 4.42 Å². The summed E-state index contributed by atoms with van der Waals surface area (Å²) in [6.07, 6.45) is 1.78. The number of hydrogen-bond acceptors (Lipinski definition) is 5. The number of rotatable bonds is 2. The lowest BCUT2D eigenvalue weighted by Crippen LogP contribution is -2.12. The number of nitrogens with one attached hydrogen (secondary N) is 1. The van der Waals surface area contributed by atoms with Crippen LogP contribution in [-0.4, -0.2) is 25.5 Å². The highest BCUT2D eigenvalue weighted by atomic mass is 16.3. The standard InChI is InChI=1S/C16H13N5O2/c1-9-19-20-15-7-11(5-6-21(9)15)16(22)18-12-3-4-14-13(8-12)17-10(2)23-14/h3-8H,1-2H3,(H,18,22). The molecule has 0 radical (unpaired) electrons. The highest BCUT2D eigenvalue weighted by molar-refractivity contribution is 6.05. The van der Waals surface area contributed by atoms with Crippen LogP contribution in [0.2, 0.25) is 0 Å². The molecule has 0 bridgehead atoms. The van der Waals surface area contributed by atoms with Crippen LogP contribution in [-0.2, 0) is 0 Å². The molecule has 0 aliphatic rings. The molecule has 7 heteroatoms. The predicted octanol–water partition coefficient (Wildman–Crippen LogP) is 2.74. The van der Waals surface area contributed by atoms with Crippen molar-refractivity contribution in [1.29, 1.82) is 0 Å². The first-order valence-electron chi connectivity index (χ1n) is 7.10. The van der Waals surface area contributed by atoms with E-state index in [1.54, 1.807) is 43.5 Å². The largest absolute Gasteiger partial charge is 0.441 e. The molecule has 0 saturated heterocycles. The molecule has 0 saturated carbocycles. The zero-order valence-electron chi connectivity index (χ0n) is 12.6. The molecule has 1 N–H and O–H groups in total. The van der Waals surface area contributed by atoms with Crippen LogP contribution < -0.4 is 5.32 Å². The van der Waals surface area contributed by atoms with Gasteiger partial charge in [0.05, 0.1) is 0 Å². The van der Waals surface area contributed by atoms with Crippen LogP contribution >= 0.6 is 0 Å². The van der Waals surface area contributed by atoms with Crippen molar-refractivity contribution in [3.8, 4) is 0 Å². The fraction of sp³-hybridized carbons (Fsp3) is 0.125. The second-order valence-corrected chi connectivity index (χ2v) is 5.26. The van der Waals surface area contributed by atoms with Crippen molar-refractivity contribution in [2.75, 3.05) is 5.32 Å². The number of anilines is 1. The molecule has 7 nitrogen and oxygen atoms in total. The number of fused-ring (bicyclic) bond motifs is 2. The SMILES string of the molecule is Cc1nc2cc(NC(=O)c3ccn4c(C)nnc4c3)ccc2o1. The molecular formula is C16H13N5O2. The average molecular weight is 307 g/mol. The van der Waals surface area contributed by atoms with Crippen LogP contribution in [0, 0.1) is 13.8 Å². The summed E-state index contributed by atoms with van der Waals surface area (Å²) in [5.41, 5.74) is 3.22. The van der Waals surface area contributed by atoms with Gasteiger partial charge in [0.15, 0.2) is 17.1 Å². The molecule has 0 aliphatic carbocycles. The summed E-state index contributed by atoms with van der Waals surface area (Å²) in [5.74, 6) is 1.16. The van der Waals surface area contributed by atoms with E-state index >= 15 is 0 Å². The van der Waals surface area contributed by atoms with Gasteiger partial charge in [0.2, 0.25) is 0 Å². The number of hydrogen-bond donors (Lipinski definition) is 1. The number of pyridine rings is 1. The topological polar surface area (TPSA) is 85.3 Å². The van der Waals surface area contributed by atoms with Gasteiger partial charge in [-0.1, -0.05) is 0 Å². The van der Waals surface area contributed by atoms with Gasteiger partial charge in [0, 0.05) is 24.4 Å². The van der Waals surface area contributed by atoms with E-state index in [-0.39, 0.29) is 5.91 Å². The van der Waals surface area contributed by atoms with Crippen molar-refractivity contribution in [1.82, 2.24) is 19.6 Å². The third kappa shape index (κ3) is 2.32. The van der Waals surface area contributed by atoms with Gasteiger partial charge in [0.1, 0.15) is 11.3 Å². The van der Waals surface area contributed by atoms with Gasteiger partial charge in [-0.05, 0) is 37.3 Å². The third-order valence-electron chi connectivity index (χ3n) is 3.59. The number of oxazole rings is 1. The quantitative estimate of drug-likeness (QED) is 0.615. The van der Waals surface area contributed by atoms with Crippen molar-refractivity contribution in [3.05, 3.63) is 53.8 Å². The predicted molar refractivity (Wildman–Crippen MR) is 84.4 cm³/mol. The Morgan fingerprint density at radius 3 is 2.91 bits per heavy atom. The molecule has 0 aliphatic heterocycles. The van der Waals surface area contributed by atoms with E-state index in [9.17, 15) is 4.79 Å². The second-order valence-electron chi connectivity index (χ2n) is 5.26. The van der Waals surface area contributed by atoms with Crippen LogP contribution in [0.4, 0.5) is 5.69 Å². The normalized spacial score (nSPS) is 11.2. The number of carbonyl (C=O) groups is 1. The molecule has 4 aromatic rings. The monoisotopic (exact) mass is 307 g/mol. The van der Waals surface area contributed by atoms with Crippen molar-refractivity contribution in [3.63, 3.8) is 0 Å². The fourth-order valence-corrected chi connectivity index (χ4v) is 2.48. The minimum absolute atomic E-state index is 0.215. The zero-order chi connectivity index (χ0) is 16.0. The number of carbonyl (C=O) groups excluding carboxylic acids is 1. The number of nitrogens with zero attached hydrogens (tertiary/aromatic N) is 4. The van der Waals surface area contributed by atoms with Gasteiger partial charge < -0.3 is 9.73 Å². The van der Waals surface area contributed by atoms with Gasteiger partial charge >= 0.3 is 0 Å². The third-order valence-corrected chi connectivity index (χ3v) is 3.59. The molecule has 0 atom stereocenters. The Balaban J connectivity index is 1.64. The average Bonchev–Trinajstić information content (AvgIpc) is 3.08. The minimum Gasteiger partial charge on any atom is -0.441 e. The highest BCUT2D eigenvalue weighted by Crippen LogP contribution is 2.20. The summed E-state index contributed by atoms with van der Waals surface area (Å²) in [4.78, 5) is 16.7. The van der Waals surface area contributed by atoms with Gasteiger partial charge in [-0.25, -0.2) is 4.98 Å². The lowest BCUT2D eigenvalue weighted by molar-refractivity contribution is 0.102. The maximum absolute atomic E-state index is 12.4. The smallest absolute Gasteiger partial charge is 0.255 e. The van der Waals surface area contributed by atoms with E-state index in [0.717, 1.165) is 5.82 Å². The Kier molecular flexibility index (Phi) is 2.87. The van der Waals surface area contributed by atoms with Crippen LogP contribution in [0.5, 0.6) is 0 Å². The molecule has 3 aromatic heterocycles. The molecule has 23 heavy (non-hydrogen) atoms. The number of aryl methyl sites for hydroxylation is 2. The van der Waals surface area contributed by atoms with Crippen LogP contribution in [0.25, 0.3) is 16.7 Å². The molecule has 0 unspecified atom stereocenters. The van der Waals surface area contributed by atoms with Crippen molar-refractivity contribution in [2.45, 2.75) is 13.8 Å². The zero-order valence-corrected chi connectivity index (χ0v) is 12.6. The number of amides is 1. The molecule has 1 aromatic carbocycles. The van der Waals surface area contributed by atoms with Gasteiger partial charge in [-0.2, -0.15) is 0 Å². The van der Waals surface area contributed by atoms with Gasteiger partial charge in [-0.3, -0.25) is 9.20 Å². The van der Waals surface area contributed by atoms with Crippen LogP contribution in [0.1, 0.15) is 22.1 Å². The lowest BCUT2D eigenvalue weighted by Gasteiger charge is -2.05. The molecule has 114 valence electrons. The summed E-state index contributed by atoms with van der Waals surface area (Å²) < 4.78 is 7.24. The summed E-state index contributed by atoms with van der Waals surface area (Å²) in [5, 5.41) is 10.9. The van der Waals surface area contributed by atoms with Gasteiger partial charge in [-0.15, -0.1) is 10.2 Å². The Morgan fingerprint density at radius 1 is 1.17 bits per heavy atom. The Labute approximate surface area is 131 Å². The van der Waals surface area contributed by atoms with E-state index in [1.807, 2.05) is 11.3 Å². The number of aromatic nitrogens is 4. The molecule has 1 amide bonds. The maximum atomic E-state index is 12.4. The van der Waals surface area contributed by atoms with Crippen molar-refractivity contribution >= 4 is 28.3 Å². The summed E-state index contributed by atoms with van der Waals surface area (Å²) in [6, 6.07) is 8.79. The van der Waals surface area contributed by atoms with Gasteiger partial charge in [0.25, 0.3) is 5.91 Å². The first-order chi connectivity index (χ1) is 11.1. The van der Waals surface area contributed by atoms with E-state index in [1.165, 1.54) is 0 Å². The van der Waals surface area contributed by atoms with E-state index < -0.39 is 0 Å². The first-order valence-corrected chi connectivity index (χ1v) is 7.10. The first kappa shape index (κ1) is 13.4. The Bertz CT molecular complexity index is 1050. The van der Waals surface area contributed by atoms with Crippen molar-refractivity contribution in [2.24, 2.45) is 0 Å². The molecular weight excluding hydrogens is 294 g/mol. The highest BCUT2D eigenvalue weighted by Gasteiger charge is 2.10. The van der Waals surface area contributed by atoms with Crippen LogP contribution in [0.15, 0.2) is 40.9 Å². The van der Waals surface area contributed by atoms with E-state index in [2.05, 4.69) is 20.5 Å². The molecule has 4 rings (SSSR count). The molecule has 0 spiro atoms. The Hall–Kier alpha value is -3.22. The fourth-order valence-electron chi connectivity index (χ4n) is 2.48. The molecule has 0 fully saturated rings. The summed E-state index contributed by atoms with van der Waals surface area (Å²) >= 11 is 0. The number of benzene rings is 1. The Morgan fingerprint density at radius 2 is 2.04 bits per heavy atom.